The maximum atomic E-state index is 13.2. The molecule has 5 N–H and O–H groups in total. The van der Waals surface area contributed by atoms with Crippen LogP contribution in [-0.4, -0.2) is 47.1 Å². The highest BCUT2D eigenvalue weighted by molar-refractivity contribution is 5.94. The lowest BCUT2D eigenvalue weighted by molar-refractivity contribution is 0.0954. The van der Waals surface area contributed by atoms with Crippen LogP contribution in [0.5, 0.6) is 0 Å². The van der Waals surface area contributed by atoms with Crippen LogP contribution in [0.4, 0.5) is 11.8 Å². The predicted octanol–water partition coefficient (Wildman–Crippen LogP) is 1.58. The average molecular weight is 424 g/mol. The van der Waals surface area contributed by atoms with E-state index in [4.69, 9.17) is 5.73 Å². The van der Waals surface area contributed by atoms with Gasteiger partial charge in [0, 0.05) is 31.4 Å². The number of nitrogen functional groups attached to an aromatic ring is 1. The number of benzene rings is 1. The summed E-state index contributed by atoms with van der Waals surface area (Å²) in [5, 5.41) is 9.46. The van der Waals surface area contributed by atoms with Gasteiger partial charge < -0.3 is 26.3 Å². The molecular weight excluding hydrogens is 394 g/mol. The number of carbonyl (C=O) groups excluding carboxylic acids is 1. The largest absolute Gasteiger partial charge is 0.369 e. The quantitative estimate of drug-likeness (QED) is 0.365. The molecular formula is C22H29N7O2. The highest BCUT2D eigenvalue weighted by Crippen LogP contribution is 2.18. The van der Waals surface area contributed by atoms with Crippen LogP contribution in [0.25, 0.3) is 10.9 Å². The molecule has 0 unspecified atom stereocenters. The van der Waals surface area contributed by atoms with Crippen molar-refractivity contribution in [1.29, 1.82) is 0 Å². The molecule has 9 heteroatoms. The Morgan fingerprint density at radius 3 is 2.58 bits per heavy atom. The number of rotatable bonds is 10. The van der Waals surface area contributed by atoms with E-state index in [0.717, 1.165) is 18.4 Å². The van der Waals surface area contributed by atoms with Crippen LogP contribution >= 0.6 is 0 Å². The number of aromatic nitrogens is 3. The van der Waals surface area contributed by atoms with E-state index in [1.54, 1.807) is 29.0 Å². The molecule has 0 fully saturated rings. The van der Waals surface area contributed by atoms with Crippen molar-refractivity contribution >= 4 is 28.6 Å². The van der Waals surface area contributed by atoms with Crippen molar-refractivity contribution in [1.82, 2.24) is 25.2 Å². The second kappa shape index (κ2) is 10.5. The van der Waals surface area contributed by atoms with E-state index in [1.807, 2.05) is 19.2 Å². The first-order chi connectivity index (χ1) is 15.0. The van der Waals surface area contributed by atoms with Crippen LogP contribution in [0.15, 0.2) is 41.3 Å². The van der Waals surface area contributed by atoms with Gasteiger partial charge in [-0.15, -0.1) is 0 Å². The number of hydrogen-bond donors (Lipinski definition) is 4. The minimum atomic E-state index is -0.189. The first-order valence-electron chi connectivity index (χ1n) is 10.5. The fourth-order valence-electron chi connectivity index (χ4n) is 3.20. The van der Waals surface area contributed by atoms with Crippen molar-refractivity contribution in [3.63, 3.8) is 0 Å². The molecule has 9 nitrogen and oxygen atoms in total. The highest BCUT2D eigenvalue weighted by atomic mass is 16.1. The third kappa shape index (κ3) is 5.58. The van der Waals surface area contributed by atoms with Gasteiger partial charge in [-0.25, -0.2) is 4.98 Å². The lowest BCUT2D eigenvalue weighted by atomic mass is 10.1. The van der Waals surface area contributed by atoms with Crippen molar-refractivity contribution in [2.24, 2.45) is 0 Å². The maximum absolute atomic E-state index is 13.2. The number of amides is 1. The zero-order chi connectivity index (χ0) is 22.2. The highest BCUT2D eigenvalue weighted by Gasteiger charge is 2.13. The molecule has 0 radical (unpaired) electrons. The predicted molar refractivity (Wildman–Crippen MR) is 123 cm³/mol. The minimum Gasteiger partial charge on any atom is -0.369 e. The van der Waals surface area contributed by atoms with E-state index in [0.29, 0.717) is 48.5 Å². The van der Waals surface area contributed by atoms with E-state index in [1.165, 1.54) is 0 Å². The zero-order valence-corrected chi connectivity index (χ0v) is 17.9. The topological polar surface area (TPSA) is 127 Å². The summed E-state index contributed by atoms with van der Waals surface area (Å²) < 4.78 is 1.61. The number of hydrogen-bond acceptors (Lipinski definition) is 7. The number of carbonyl (C=O) groups is 1. The van der Waals surface area contributed by atoms with Gasteiger partial charge in [0.15, 0.2) is 0 Å². The second-order valence-electron chi connectivity index (χ2n) is 7.28. The molecule has 0 spiro atoms. The van der Waals surface area contributed by atoms with Crippen molar-refractivity contribution in [3.8, 4) is 0 Å². The van der Waals surface area contributed by atoms with Crippen LogP contribution < -0.4 is 27.2 Å². The fourth-order valence-corrected chi connectivity index (χ4v) is 3.20. The summed E-state index contributed by atoms with van der Waals surface area (Å²) in [6, 6.07) is 8.99. The van der Waals surface area contributed by atoms with Gasteiger partial charge in [-0.05, 0) is 37.2 Å². The lowest BCUT2D eigenvalue weighted by Crippen LogP contribution is -2.30. The Labute approximate surface area is 181 Å². The molecule has 31 heavy (non-hydrogen) atoms. The molecule has 2 aromatic heterocycles. The van der Waals surface area contributed by atoms with Gasteiger partial charge in [-0.3, -0.25) is 9.59 Å². The number of nitrogens with two attached hydrogens (primary N) is 1. The Bertz CT molecular complexity index is 1090. The Morgan fingerprint density at radius 1 is 1.10 bits per heavy atom. The number of unbranched alkanes of at least 4 members (excludes halogenated alkanes) is 1. The molecule has 1 aromatic carbocycles. The van der Waals surface area contributed by atoms with Gasteiger partial charge in [-0.1, -0.05) is 25.5 Å². The third-order valence-corrected chi connectivity index (χ3v) is 4.89. The summed E-state index contributed by atoms with van der Waals surface area (Å²) in [6.07, 6.45) is 3.69. The van der Waals surface area contributed by atoms with Crippen molar-refractivity contribution < 1.29 is 4.79 Å². The van der Waals surface area contributed by atoms with Crippen molar-refractivity contribution in [2.75, 3.05) is 37.7 Å². The Morgan fingerprint density at radius 2 is 1.87 bits per heavy atom. The third-order valence-electron chi connectivity index (χ3n) is 4.89. The van der Waals surface area contributed by atoms with Gasteiger partial charge in [0.25, 0.3) is 11.5 Å². The van der Waals surface area contributed by atoms with E-state index in [-0.39, 0.29) is 17.4 Å². The molecule has 0 aliphatic heterocycles. The normalized spacial score (nSPS) is 10.9. The molecule has 0 aliphatic rings. The van der Waals surface area contributed by atoms with Crippen molar-refractivity contribution in [2.45, 2.75) is 26.3 Å². The number of pyridine rings is 1. The molecule has 164 valence electrons. The van der Waals surface area contributed by atoms with Crippen LogP contribution in [0.2, 0.25) is 0 Å². The van der Waals surface area contributed by atoms with Crippen LogP contribution in [0, 0.1) is 0 Å². The molecule has 0 aliphatic carbocycles. The zero-order valence-electron chi connectivity index (χ0n) is 17.9. The second-order valence-corrected chi connectivity index (χ2v) is 7.28. The summed E-state index contributed by atoms with van der Waals surface area (Å²) in [7, 11) is 1.83. The Kier molecular flexibility index (Phi) is 7.55. The fraction of sp³-hybridized carbons (Fsp3) is 0.364. The van der Waals surface area contributed by atoms with Gasteiger partial charge >= 0.3 is 0 Å². The van der Waals surface area contributed by atoms with E-state index < -0.39 is 0 Å². The lowest BCUT2D eigenvalue weighted by Gasteiger charge is -2.12. The van der Waals surface area contributed by atoms with Gasteiger partial charge in [0.05, 0.1) is 12.1 Å². The Hall–Kier alpha value is -3.46. The summed E-state index contributed by atoms with van der Waals surface area (Å²) in [6.45, 7) is 4.44. The summed E-state index contributed by atoms with van der Waals surface area (Å²) in [5.74, 6) is 0.471. The first-order valence-corrected chi connectivity index (χ1v) is 10.5. The number of fused-ring (bicyclic) bond motifs is 1. The summed E-state index contributed by atoms with van der Waals surface area (Å²) >= 11 is 0. The molecule has 2 heterocycles. The van der Waals surface area contributed by atoms with Gasteiger partial charge in [0.1, 0.15) is 11.2 Å². The first kappa shape index (κ1) is 22.2. The standard InChI is InChI=1S/C22H29N7O2/c1-3-4-10-25-19-18-17(27-22(23)28-19)9-13-29(21(18)31)14-15-5-7-16(8-6-15)20(30)26-12-11-24-2/h5-9,13,24H,3-4,10-12,14H2,1-2H3,(H,26,30)(H3,23,25,27,28). The van der Waals surface area contributed by atoms with Gasteiger partial charge in [-0.2, -0.15) is 4.98 Å². The summed E-state index contributed by atoms with van der Waals surface area (Å²) in [5.41, 5.74) is 7.62. The monoisotopic (exact) mass is 423 g/mol. The molecule has 0 saturated heterocycles. The minimum absolute atomic E-state index is 0.123. The number of likely N-dealkylation sites (N-methyl/N-ethyl adjacent to an activating group) is 1. The molecule has 0 bridgehead atoms. The van der Waals surface area contributed by atoms with E-state index in [2.05, 4.69) is 32.8 Å². The number of anilines is 2. The maximum Gasteiger partial charge on any atom is 0.264 e. The molecule has 3 rings (SSSR count). The Balaban J connectivity index is 1.82. The SMILES string of the molecule is CCCCNc1nc(N)nc2ccn(Cc3ccc(C(=O)NCCNC)cc3)c(=O)c12. The molecule has 3 aromatic rings. The molecule has 1 amide bonds. The van der Waals surface area contributed by atoms with Crippen LogP contribution in [0.3, 0.4) is 0 Å². The van der Waals surface area contributed by atoms with Crippen molar-refractivity contribution in [3.05, 3.63) is 58.0 Å². The average Bonchev–Trinajstić information content (AvgIpc) is 2.76. The number of nitrogens with one attached hydrogen (secondary N) is 3. The number of nitrogens with zero attached hydrogens (tertiary/aromatic N) is 3. The van der Waals surface area contributed by atoms with E-state index >= 15 is 0 Å². The smallest absolute Gasteiger partial charge is 0.264 e. The van der Waals surface area contributed by atoms with Crippen LogP contribution in [-0.2, 0) is 6.54 Å². The molecule has 0 atom stereocenters. The molecule has 0 saturated carbocycles. The van der Waals surface area contributed by atoms with Crippen LogP contribution in [0.1, 0.15) is 35.7 Å². The van der Waals surface area contributed by atoms with Gasteiger partial charge in [0.2, 0.25) is 5.95 Å². The van der Waals surface area contributed by atoms with E-state index in [9.17, 15) is 9.59 Å². The summed E-state index contributed by atoms with van der Waals surface area (Å²) in [4.78, 5) is 33.7.